The molecule has 2 heterocycles. The predicted molar refractivity (Wildman–Crippen MR) is 143 cm³/mol. The van der Waals surface area contributed by atoms with E-state index in [2.05, 4.69) is 20.6 Å². The molecule has 4 N–H and O–H groups in total. The molecule has 0 aliphatic heterocycles. The zero-order valence-electron chi connectivity index (χ0n) is 20.1. The molecule has 2 aromatic heterocycles. The fourth-order valence-electron chi connectivity index (χ4n) is 3.81. The van der Waals surface area contributed by atoms with E-state index in [0.29, 0.717) is 40.3 Å². The Hall–Kier alpha value is -4.02. The van der Waals surface area contributed by atoms with E-state index < -0.39 is 11.9 Å². The molecule has 194 valence electrons. The number of hydrogen-bond acceptors (Lipinski definition) is 8. The van der Waals surface area contributed by atoms with Crippen molar-refractivity contribution in [3.63, 3.8) is 0 Å². The van der Waals surface area contributed by atoms with Gasteiger partial charge in [-0.1, -0.05) is 23.7 Å². The van der Waals surface area contributed by atoms with E-state index in [1.54, 1.807) is 30.3 Å². The third-order valence-corrected chi connectivity index (χ3v) is 6.02. The summed E-state index contributed by atoms with van der Waals surface area (Å²) in [6.45, 7) is 0.372. The Kier molecular flexibility index (Phi) is 7.81. The lowest BCUT2D eigenvalue weighted by atomic mass is 10.1. The first-order valence-electron chi connectivity index (χ1n) is 11.8. The van der Waals surface area contributed by atoms with Crippen LogP contribution in [0.15, 0.2) is 83.5 Å². The molecule has 0 bridgehead atoms. The van der Waals surface area contributed by atoms with Gasteiger partial charge in [-0.2, -0.15) is 0 Å². The van der Waals surface area contributed by atoms with Crippen molar-refractivity contribution >= 4 is 34.0 Å². The molecule has 8 nitrogen and oxygen atoms in total. The van der Waals surface area contributed by atoms with E-state index in [4.69, 9.17) is 25.9 Å². The summed E-state index contributed by atoms with van der Waals surface area (Å²) >= 11 is 6.42. The number of rotatable bonds is 10. The van der Waals surface area contributed by atoms with Gasteiger partial charge in [-0.25, -0.2) is 14.4 Å². The highest BCUT2D eigenvalue weighted by Crippen LogP contribution is 2.35. The summed E-state index contributed by atoms with van der Waals surface area (Å²) in [5.74, 6) is 1.87. The fraction of sp³-hybridized carbons (Fsp3) is 0.143. The second-order valence-electron chi connectivity index (χ2n) is 8.49. The Labute approximate surface area is 222 Å². The number of aromatic nitrogens is 2. The highest BCUT2D eigenvalue weighted by molar-refractivity contribution is 6.32. The molecule has 0 radical (unpaired) electrons. The molecule has 0 aliphatic carbocycles. The number of halogens is 2. The van der Waals surface area contributed by atoms with Gasteiger partial charge in [0.25, 0.3) is 0 Å². The lowest BCUT2D eigenvalue weighted by Gasteiger charge is -2.12. The first-order valence-corrected chi connectivity index (χ1v) is 12.2. The summed E-state index contributed by atoms with van der Waals surface area (Å²) < 4.78 is 25.5. The number of para-hydroxylation sites is 1. The lowest BCUT2D eigenvalue weighted by Crippen LogP contribution is -2.28. The largest absolute Gasteiger partial charge is 0.460 e. The fourth-order valence-corrected chi connectivity index (χ4v) is 4.03. The van der Waals surface area contributed by atoms with Gasteiger partial charge >= 0.3 is 0 Å². The van der Waals surface area contributed by atoms with Crippen LogP contribution < -0.4 is 15.4 Å². The summed E-state index contributed by atoms with van der Waals surface area (Å²) in [6, 6.07) is 20.7. The first kappa shape index (κ1) is 25.6. The maximum Gasteiger partial charge on any atom is 0.165 e. The zero-order chi connectivity index (χ0) is 26.5. The van der Waals surface area contributed by atoms with Gasteiger partial charge in [0.2, 0.25) is 0 Å². The first-order chi connectivity index (χ1) is 18.5. The van der Waals surface area contributed by atoms with Crippen molar-refractivity contribution in [1.29, 1.82) is 0 Å². The minimum Gasteiger partial charge on any atom is -0.460 e. The van der Waals surface area contributed by atoms with Crippen LogP contribution in [0.25, 0.3) is 22.2 Å². The number of aliphatic hydroxyl groups is 2. The molecule has 0 fully saturated rings. The third kappa shape index (κ3) is 5.92. The van der Waals surface area contributed by atoms with Crippen molar-refractivity contribution in [1.82, 2.24) is 15.3 Å². The van der Waals surface area contributed by atoms with Crippen molar-refractivity contribution < 1.29 is 23.8 Å². The molecule has 0 amide bonds. The molecule has 5 rings (SSSR count). The van der Waals surface area contributed by atoms with Crippen LogP contribution in [0.5, 0.6) is 11.5 Å². The number of furan rings is 1. The summed E-state index contributed by atoms with van der Waals surface area (Å²) in [5.41, 5.74) is 2.24. The van der Waals surface area contributed by atoms with Crippen molar-refractivity contribution in [2.45, 2.75) is 12.6 Å². The quantitative estimate of drug-likeness (QED) is 0.181. The SMILES string of the molecule is OCC(O)CNCc1ccc(-c2ccc3ncnc(Nc4ccc(Oc5ccccc5F)c(Cl)c4)c3c2)o1. The molecule has 0 saturated carbocycles. The summed E-state index contributed by atoms with van der Waals surface area (Å²) in [5, 5.41) is 25.8. The average Bonchev–Trinajstić information content (AvgIpc) is 3.40. The zero-order valence-corrected chi connectivity index (χ0v) is 20.8. The number of ether oxygens (including phenoxy) is 1. The van der Waals surface area contributed by atoms with E-state index in [0.717, 1.165) is 16.5 Å². The van der Waals surface area contributed by atoms with Crippen LogP contribution in [0.3, 0.4) is 0 Å². The molecule has 0 aliphatic rings. The van der Waals surface area contributed by atoms with E-state index in [1.165, 1.54) is 18.5 Å². The molecule has 10 heteroatoms. The van der Waals surface area contributed by atoms with Crippen LogP contribution in [0, 0.1) is 5.82 Å². The number of nitrogens with zero attached hydrogens (tertiary/aromatic N) is 2. The maximum atomic E-state index is 14.0. The van der Waals surface area contributed by atoms with Crippen molar-refractivity contribution in [2.75, 3.05) is 18.5 Å². The van der Waals surface area contributed by atoms with Gasteiger partial charge in [-0.05, 0) is 60.7 Å². The van der Waals surface area contributed by atoms with Crippen LogP contribution in [0.4, 0.5) is 15.9 Å². The Morgan fingerprint density at radius 1 is 1.00 bits per heavy atom. The van der Waals surface area contributed by atoms with Gasteiger partial charge in [0.05, 0.1) is 29.8 Å². The normalized spacial score (nSPS) is 12.0. The molecule has 0 spiro atoms. The smallest absolute Gasteiger partial charge is 0.165 e. The highest BCUT2D eigenvalue weighted by atomic mass is 35.5. The Balaban J connectivity index is 1.35. The summed E-state index contributed by atoms with van der Waals surface area (Å²) in [6.07, 6.45) is 0.653. The molecule has 1 unspecified atom stereocenters. The number of fused-ring (bicyclic) bond motifs is 1. The molecule has 0 saturated heterocycles. The minimum atomic E-state index is -0.818. The van der Waals surface area contributed by atoms with Crippen LogP contribution in [0.1, 0.15) is 5.76 Å². The van der Waals surface area contributed by atoms with Crippen LogP contribution >= 0.6 is 11.6 Å². The topological polar surface area (TPSA) is 113 Å². The summed E-state index contributed by atoms with van der Waals surface area (Å²) in [7, 11) is 0. The van der Waals surface area contributed by atoms with E-state index in [1.807, 2.05) is 30.3 Å². The molecule has 5 aromatic rings. The average molecular weight is 535 g/mol. The van der Waals surface area contributed by atoms with Gasteiger partial charge < -0.3 is 30.0 Å². The molecule has 38 heavy (non-hydrogen) atoms. The second-order valence-corrected chi connectivity index (χ2v) is 8.90. The van der Waals surface area contributed by atoms with Crippen LogP contribution in [-0.2, 0) is 6.54 Å². The van der Waals surface area contributed by atoms with Crippen LogP contribution in [-0.4, -0.2) is 39.4 Å². The number of hydrogen-bond donors (Lipinski definition) is 4. The Bertz CT molecular complexity index is 1560. The molecular formula is C28H24ClFN4O4. The Morgan fingerprint density at radius 2 is 1.87 bits per heavy atom. The van der Waals surface area contributed by atoms with Gasteiger partial charge in [0.1, 0.15) is 29.4 Å². The lowest BCUT2D eigenvalue weighted by molar-refractivity contribution is 0.0938. The summed E-state index contributed by atoms with van der Waals surface area (Å²) in [4.78, 5) is 8.77. The Morgan fingerprint density at radius 3 is 2.68 bits per heavy atom. The van der Waals surface area contributed by atoms with Gasteiger partial charge in [-0.3, -0.25) is 0 Å². The van der Waals surface area contributed by atoms with E-state index in [-0.39, 0.29) is 18.9 Å². The highest BCUT2D eigenvalue weighted by Gasteiger charge is 2.12. The van der Waals surface area contributed by atoms with Crippen molar-refractivity contribution in [3.05, 3.63) is 95.7 Å². The van der Waals surface area contributed by atoms with Gasteiger partial charge in [-0.15, -0.1) is 0 Å². The molecule has 3 aromatic carbocycles. The number of nitrogens with one attached hydrogen (secondary N) is 2. The van der Waals surface area contributed by atoms with Gasteiger partial charge in [0, 0.05) is 23.2 Å². The van der Waals surface area contributed by atoms with Gasteiger partial charge in [0.15, 0.2) is 11.6 Å². The van der Waals surface area contributed by atoms with Crippen molar-refractivity contribution in [2.24, 2.45) is 0 Å². The van der Waals surface area contributed by atoms with E-state index in [9.17, 15) is 9.50 Å². The van der Waals surface area contributed by atoms with Crippen LogP contribution in [0.2, 0.25) is 5.02 Å². The van der Waals surface area contributed by atoms with Crippen molar-refractivity contribution in [3.8, 4) is 22.8 Å². The molecule has 1 atom stereocenters. The molecular weight excluding hydrogens is 511 g/mol. The number of benzene rings is 3. The predicted octanol–water partition coefficient (Wildman–Crippen LogP) is 5.66. The monoisotopic (exact) mass is 534 g/mol. The van der Waals surface area contributed by atoms with E-state index >= 15 is 0 Å². The number of anilines is 2. The standard InChI is InChI=1S/C28H24ClFN4O4/c29-22-12-18(6-9-26(22)38-27-4-2-1-3-23(27)30)34-28-21-11-17(5-8-24(21)32-16-33-28)25-10-7-20(37-25)14-31-13-19(36)15-35/h1-12,16,19,31,35-36H,13-15H2,(H,32,33,34). The minimum absolute atomic E-state index is 0.0871. The third-order valence-electron chi connectivity index (χ3n) is 5.72. The second kappa shape index (κ2) is 11.6. The number of aliphatic hydroxyl groups excluding tert-OH is 2. The maximum absolute atomic E-state index is 14.0.